The van der Waals surface area contributed by atoms with Crippen molar-refractivity contribution in [1.29, 1.82) is 0 Å². The first-order valence-electron chi connectivity index (χ1n) is 9.35. The van der Waals surface area contributed by atoms with Crippen LogP contribution in [0.2, 0.25) is 5.02 Å². The molecule has 3 aromatic rings. The van der Waals surface area contributed by atoms with Crippen LogP contribution in [-0.4, -0.2) is 30.1 Å². The quantitative estimate of drug-likeness (QED) is 0.468. The Labute approximate surface area is 177 Å². The highest BCUT2D eigenvalue weighted by molar-refractivity contribution is 9.10. The lowest BCUT2D eigenvalue weighted by atomic mass is 10.1. The number of hydrogen-bond acceptors (Lipinski definition) is 3. The Morgan fingerprint density at radius 3 is 2.75 bits per heavy atom. The summed E-state index contributed by atoms with van der Waals surface area (Å²) in [4.78, 5) is 15.2. The van der Waals surface area contributed by atoms with Gasteiger partial charge in [-0.1, -0.05) is 39.7 Å². The molecule has 146 valence electrons. The molecule has 0 N–H and O–H groups in total. The predicted molar refractivity (Wildman–Crippen MR) is 114 cm³/mol. The first-order valence-corrected chi connectivity index (χ1v) is 10.5. The largest absolute Gasteiger partial charge is 0.451 e. The Kier molecular flexibility index (Phi) is 5.76. The van der Waals surface area contributed by atoms with Crippen molar-refractivity contribution in [3.63, 3.8) is 0 Å². The Bertz CT molecular complexity index is 993. The number of rotatable bonds is 5. The summed E-state index contributed by atoms with van der Waals surface area (Å²) in [6.07, 6.45) is 2.07. The van der Waals surface area contributed by atoms with Crippen molar-refractivity contribution in [2.75, 3.05) is 13.2 Å². The predicted octanol–water partition coefficient (Wildman–Crippen LogP) is 5.98. The molecule has 0 radical (unpaired) electrons. The highest BCUT2D eigenvalue weighted by Crippen LogP contribution is 2.29. The van der Waals surface area contributed by atoms with Crippen molar-refractivity contribution >= 4 is 44.4 Å². The first-order chi connectivity index (χ1) is 13.5. The van der Waals surface area contributed by atoms with E-state index in [-0.39, 0.29) is 12.0 Å². The number of ether oxygens (including phenoxy) is 1. The van der Waals surface area contributed by atoms with Crippen LogP contribution in [-0.2, 0) is 11.3 Å². The second-order valence-corrected chi connectivity index (χ2v) is 8.50. The van der Waals surface area contributed by atoms with E-state index in [2.05, 4.69) is 15.9 Å². The molecule has 4 nitrogen and oxygen atoms in total. The Morgan fingerprint density at radius 1 is 1.25 bits per heavy atom. The monoisotopic (exact) mass is 461 g/mol. The Balaban J connectivity index is 1.65. The van der Waals surface area contributed by atoms with Crippen LogP contribution in [0.4, 0.5) is 0 Å². The average molecular weight is 463 g/mol. The van der Waals surface area contributed by atoms with Gasteiger partial charge in [0, 0.05) is 40.1 Å². The SMILES string of the molecule is Cc1c(C(=O)N(Cc2ccc(Cl)cc2)CC2CCCO2)oc2ccc(Br)cc12. The number of carbonyl (C=O) groups is 1. The smallest absolute Gasteiger partial charge is 0.290 e. The summed E-state index contributed by atoms with van der Waals surface area (Å²) in [6.45, 7) is 3.71. The third kappa shape index (κ3) is 4.12. The van der Waals surface area contributed by atoms with Crippen molar-refractivity contribution < 1.29 is 13.9 Å². The lowest BCUT2D eigenvalue weighted by molar-refractivity contribution is 0.0485. The number of halogens is 2. The van der Waals surface area contributed by atoms with Crippen LogP contribution < -0.4 is 0 Å². The maximum atomic E-state index is 13.4. The van der Waals surface area contributed by atoms with E-state index in [1.807, 2.05) is 54.3 Å². The van der Waals surface area contributed by atoms with Crippen molar-refractivity contribution in [2.45, 2.75) is 32.4 Å². The molecule has 0 saturated carbocycles. The molecular weight excluding hydrogens is 442 g/mol. The number of carbonyl (C=O) groups excluding carboxylic acids is 1. The first kappa shape index (κ1) is 19.5. The van der Waals surface area contributed by atoms with Gasteiger partial charge >= 0.3 is 0 Å². The van der Waals surface area contributed by atoms with Gasteiger partial charge in [0.15, 0.2) is 5.76 Å². The summed E-state index contributed by atoms with van der Waals surface area (Å²) in [5.74, 6) is 0.273. The average Bonchev–Trinajstić information content (AvgIpc) is 3.31. The highest BCUT2D eigenvalue weighted by atomic mass is 79.9. The van der Waals surface area contributed by atoms with Crippen LogP contribution in [0.25, 0.3) is 11.0 Å². The van der Waals surface area contributed by atoms with E-state index in [0.717, 1.165) is 40.4 Å². The summed E-state index contributed by atoms with van der Waals surface area (Å²) in [5, 5.41) is 1.63. The molecule has 4 rings (SSSR count). The van der Waals surface area contributed by atoms with E-state index in [9.17, 15) is 4.79 Å². The topological polar surface area (TPSA) is 42.7 Å². The number of hydrogen-bond donors (Lipinski definition) is 0. The number of nitrogens with zero attached hydrogens (tertiary/aromatic N) is 1. The lowest BCUT2D eigenvalue weighted by Crippen LogP contribution is -2.37. The maximum Gasteiger partial charge on any atom is 0.290 e. The summed E-state index contributed by atoms with van der Waals surface area (Å²) < 4.78 is 12.7. The molecule has 28 heavy (non-hydrogen) atoms. The minimum Gasteiger partial charge on any atom is -0.451 e. The molecule has 2 heterocycles. The van der Waals surface area contributed by atoms with Crippen molar-refractivity contribution in [3.8, 4) is 0 Å². The summed E-state index contributed by atoms with van der Waals surface area (Å²) >= 11 is 9.49. The fraction of sp³-hybridized carbons (Fsp3) is 0.318. The Morgan fingerprint density at radius 2 is 2.04 bits per heavy atom. The van der Waals surface area contributed by atoms with Gasteiger partial charge in [-0.2, -0.15) is 0 Å². The fourth-order valence-electron chi connectivity index (χ4n) is 3.60. The van der Waals surface area contributed by atoms with E-state index in [1.165, 1.54) is 0 Å². The van der Waals surface area contributed by atoms with Gasteiger partial charge in [-0.25, -0.2) is 0 Å². The lowest BCUT2D eigenvalue weighted by Gasteiger charge is -2.25. The zero-order valence-corrected chi connectivity index (χ0v) is 17.9. The molecule has 0 bridgehead atoms. The summed E-state index contributed by atoms with van der Waals surface area (Å²) in [6, 6.07) is 13.4. The second-order valence-electron chi connectivity index (χ2n) is 7.14. The van der Waals surface area contributed by atoms with Gasteiger partial charge in [0.05, 0.1) is 6.10 Å². The van der Waals surface area contributed by atoms with E-state index >= 15 is 0 Å². The van der Waals surface area contributed by atoms with Gasteiger partial charge in [0.25, 0.3) is 5.91 Å². The van der Waals surface area contributed by atoms with E-state index in [0.29, 0.717) is 29.5 Å². The summed E-state index contributed by atoms with van der Waals surface area (Å²) in [5.41, 5.74) is 2.59. The molecule has 0 aliphatic carbocycles. The minimum absolute atomic E-state index is 0.0649. The van der Waals surface area contributed by atoms with Crippen molar-refractivity contribution in [2.24, 2.45) is 0 Å². The molecule has 1 aromatic heterocycles. The fourth-order valence-corrected chi connectivity index (χ4v) is 4.09. The molecule has 1 unspecified atom stereocenters. The van der Waals surface area contributed by atoms with Gasteiger partial charge in [-0.15, -0.1) is 0 Å². The van der Waals surface area contributed by atoms with Crippen molar-refractivity contribution in [1.82, 2.24) is 4.90 Å². The van der Waals surface area contributed by atoms with Crippen LogP contribution in [0.1, 0.15) is 34.5 Å². The maximum absolute atomic E-state index is 13.4. The third-order valence-corrected chi connectivity index (χ3v) is 5.86. The van der Waals surface area contributed by atoms with Gasteiger partial charge < -0.3 is 14.1 Å². The molecule has 1 atom stereocenters. The highest BCUT2D eigenvalue weighted by Gasteiger charge is 2.27. The molecule has 1 aliphatic rings. The number of furan rings is 1. The van der Waals surface area contributed by atoms with Gasteiger partial charge in [-0.05, 0) is 55.7 Å². The van der Waals surface area contributed by atoms with E-state index in [4.69, 9.17) is 20.8 Å². The van der Waals surface area contributed by atoms with Crippen molar-refractivity contribution in [3.05, 3.63) is 68.8 Å². The number of amides is 1. The third-order valence-electron chi connectivity index (χ3n) is 5.11. The molecular formula is C22H21BrClNO3. The molecule has 1 saturated heterocycles. The normalized spacial score (nSPS) is 16.6. The molecule has 2 aromatic carbocycles. The van der Waals surface area contributed by atoms with Crippen LogP contribution in [0.5, 0.6) is 0 Å². The molecule has 6 heteroatoms. The Hall–Kier alpha value is -1.82. The standard InChI is InChI=1S/C22H21BrClNO3/c1-14-19-11-16(23)6-9-20(19)28-21(14)22(26)25(13-18-3-2-10-27-18)12-15-4-7-17(24)8-5-15/h4-9,11,18H,2-3,10,12-13H2,1H3. The summed E-state index contributed by atoms with van der Waals surface area (Å²) in [7, 11) is 0. The van der Waals surface area contributed by atoms with Crippen LogP contribution in [0.3, 0.4) is 0 Å². The zero-order valence-electron chi connectivity index (χ0n) is 15.6. The zero-order chi connectivity index (χ0) is 19.7. The van der Waals surface area contributed by atoms with Crippen LogP contribution >= 0.6 is 27.5 Å². The van der Waals surface area contributed by atoms with E-state index in [1.54, 1.807) is 0 Å². The van der Waals surface area contributed by atoms with Gasteiger partial charge in [-0.3, -0.25) is 4.79 Å². The van der Waals surface area contributed by atoms with Crippen LogP contribution in [0, 0.1) is 6.92 Å². The number of fused-ring (bicyclic) bond motifs is 1. The van der Waals surface area contributed by atoms with Gasteiger partial charge in [0.2, 0.25) is 0 Å². The number of benzene rings is 2. The molecule has 0 spiro atoms. The second kappa shape index (κ2) is 8.27. The molecule has 1 fully saturated rings. The number of aryl methyl sites for hydroxylation is 1. The molecule has 1 amide bonds. The minimum atomic E-state index is -0.115. The van der Waals surface area contributed by atoms with Crippen LogP contribution in [0.15, 0.2) is 51.4 Å². The van der Waals surface area contributed by atoms with E-state index < -0.39 is 0 Å². The van der Waals surface area contributed by atoms with Gasteiger partial charge in [0.1, 0.15) is 5.58 Å². The molecule has 1 aliphatic heterocycles.